The summed E-state index contributed by atoms with van der Waals surface area (Å²) in [5.74, 6) is 3.41. The minimum atomic E-state index is 0.00536. The van der Waals surface area contributed by atoms with E-state index in [1.54, 1.807) is 12.4 Å². The number of rotatable bonds is 7. The fourth-order valence-corrected chi connectivity index (χ4v) is 3.24. The molecule has 0 bridgehead atoms. The molecule has 31 heavy (non-hydrogen) atoms. The Morgan fingerprint density at radius 1 is 1.10 bits per heavy atom. The Kier molecular flexibility index (Phi) is 6.42. The molecule has 3 aromatic heterocycles. The zero-order valence-electron chi connectivity index (χ0n) is 18.0. The molecule has 4 N–H and O–H groups in total. The van der Waals surface area contributed by atoms with Gasteiger partial charge in [-0.3, -0.25) is 10.1 Å². The summed E-state index contributed by atoms with van der Waals surface area (Å²) in [5.41, 5.74) is 6.14. The van der Waals surface area contributed by atoms with Gasteiger partial charge in [0.2, 0.25) is 5.95 Å². The van der Waals surface area contributed by atoms with Crippen molar-refractivity contribution in [3.05, 3.63) is 65.4 Å². The first-order valence-corrected chi connectivity index (χ1v) is 10.7. The van der Waals surface area contributed by atoms with E-state index in [0.717, 1.165) is 22.8 Å². The second kappa shape index (κ2) is 9.57. The highest BCUT2D eigenvalue weighted by atomic mass is 16.7. The summed E-state index contributed by atoms with van der Waals surface area (Å²) in [6, 6.07) is 7.86. The van der Waals surface area contributed by atoms with E-state index < -0.39 is 0 Å². The molecular weight excluding hydrogens is 392 g/mol. The predicted molar refractivity (Wildman–Crippen MR) is 120 cm³/mol. The Balaban J connectivity index is 0.00000112. The van der Waals surface area contributed by atoms with Gasteiger partial charge in [-0.25, -0.2) is 4.98 Å². The van der Waals surface area contributed by atoms with Crippen LogP contribution in [-0.4, -0.2) is 31.7 Å². The predicted octanol–water partition coefficient (Wildman–Crippen LogP) is 4.12. The molecule has 9 nitrogen and oxygen atoms in total. The molecular formula is C22H28N8O. The maximum Gasteiger partial charge on any atom is 0.225 e. The van der Waals surface area contributed by atoms with Crippen molar-refractivity contribution < 1.29 is 4.84 Å². The second-order valence-electron chi connectivity index (χ2n) is 7.29. The van der Waals surface area contributed by atoms with E-state index >= 15 is 0 Å². The van der Waals surface area contributed by atoms with Crippen LogP contribution in [0.4, 0.5) is 17.6 Å². The Labute approximate surface area is 181 Å². The average molecular weight is 421 g/mol. The van der Waals surface area contributed by atoms with Gasteiger partial charge in [0.05, 0.1) is 12.6 Å². The number of anilines is 3. The van der Waals surface area contributed by atoms with E-state index in [1.165, 1.54) is 18.5 Å². The number of hydroxylamine groups is 1. The minimum Gasteiger partial charge on any atom is -0.411 e. The smallest absolute Gasteiger partial charge is 0.225 e. The SMILES string of the molecule is CC.Cc1cc(Nc2cc(C3CC3)[nH]n2)nc(NCC2=CC(c3ccncc3)NO2)n1. The molecule has 0 spiro atoms. The van der Waals surface area contributed by atoms with Crippen LogP contribution in [0, 0.1) is 6.92 Å². The molecule has 0 saturated heterocycles. The zero-order valence-corrected chi connectivity index (χ0v) is 18.0. The maximum atomic E-state index is 5.57. The van der Waals surface area contributed by atoms with Crippen molar-refractivity contribution in [2.24, 2.45) is 0 Å². The van der Waals surface area contributed by atoms with Gasteiger partial charge in [-0.15, -0.1) is 5.48 Å². The summed E-state index contributed by atoms with van der Waals surface area (Å²) in [7, 11) is 0. The lowest BCUT2D eigenvalue weighted by Gasteiger charge is -2.09. The summed E-state index contributed by atoms with van der Waals surface area (Å²) in [5, 5.41) is 13.9. The van der Waals surface area contributed by atoms with Crippen LogP contribution in [0.2, 0.25) is 0 Å². The standard InChI is InChI=1S/C20H22N8O.C2H6/c1-12-8-18(24-19-10-16(26-27-19)13-2-3-13)25-20(23-12)22-11-15-9-17(28-29-15)14-4-6-21-7-5-14;1-2/h4-10,13,17,28H,2-3,11H2,1H3,(H3,22,23,24,25,26,27);1-2H3. The zero-order chi connectivity index (χ0) is 21.6. The van der Waals surface area contributed by atoms with Gasteiger partial charge in [0.25, 0.3) is 0 Å². The quantitative estimate of drug-likeness (QED) is 0.451. The van der Waals surface area contributed by atoms with E-state index in [0.29, 0.717) is 24.2 Å². The van der Waals surface area contributed by atoms with Crippen molar-refractivity contribution in [3.8, 4) is 0 Å². The highest BCUT2D eigenvalue weighted by Crippen LogP contribution is 2.39. The Morgan fingerprint density at radius 3 is 2.68 bits per heavy atom. The lowest BCUT2D eigenvalue weighted by molar-refractivity contribution is 0.116. The van der Waals surface area contributed by atoms with Crippen molar-refractivity contribution in [2.75, 3.05) is 17.2 Å². The van der Waals surface area contributed by atoms with Crippen molar-refractivity contribution in [3.63, 3.8) is 0 Å². The largest absolute Gasteiger partial charge is 0.411 e. The average Bonchev–Trinajstić information content (AvgIpc) is 3.35. The summed E-state index contributed by atoms with van der Waals surface area (Å²) >= 11 is 0. The molecule has 1 fully saturated rings. The van der Waals surface area contributed by atoms with Crippen LogP contribution in [0.15, 0.2) is 48.5 Å². The van der Waals surface area contributed by atoms with Crippen LogP contribution in [0.1, 0.15) is 55.6 Å². The number of aromatic amines is 1. The fourth-order valence-electron chi connectivity index (χ4n) is 3.24. The molecule has 1 aliphatic heterocycles. The van der Waals surface area contributed by atoms with Crippen LogP contribution in [-0.2, 0) is 4.84 Å². The van der Waals surface area contributed by atoms with Crippen LogP contribution >= 0.6 is 0 Å². The Bertz CT molecular complexity index is 1030. The van der Waals surface area contributed by atoms with Crippen molar-refractivity contribution in [1.29, 1.82) is 0 Å². The highest BCUT2D eigenvalue weighted by molar-refractivity contribution is 5.54. The molecule has 3 aromatic rings. The number of hydrogen-bond acceptors (Lipinski definition) is 8. The number of H-pyrrole nitrogens is 1. The normalized spacial score (nSPS) is 17.3. The molecule has 0 amide bonds. The van der Waals surface area contributed by atoms with Crippen LogP contribution < -0.4 is 16.1 Å². The van der Waals surface area contributed by atoms with Gasteiger partial charge in [0, 0.05) is 41.8 Å². The molecule has 9 heteroatoms. The van der Waals surface area contributed by atoms with E-state index in [1.807, 2.05) is 51.1 Å². The first kappa shape index (κ1) is 20.8. The summed E-state index contributed by atoms with van der Waals surface area (Å²) in [6.07, 6.45) is 8.03. The monoisotopic (exact) mass is 420 g/mol. The summed E-state index contributed by atoms with van der Waals surface area (Å²) in [6.45, 7) is 6.41. The van der Waals surface area contributed by atoms with Gasteiger partial charge < -0.3 is 15.5 Å². The number of nitrogens with zero attached hydrogens (tertiary/aromatic N) is 4. The molecule has 5 rings (SSSR count). The molecule has 0 aromatic carbocycles. The van der Waals surface area contributed by atoms with Crippen molar-refractivity contribution in [1.82, 2.24) is 30.6 Å². The third-order valence-corrected chi connectivity index (χ3v) is 4.88. The van der Waals surface area contributed by atoms with Crippen molar-refractivity contribution in [2.45, 2.75) is 45.6 Å². The first-order chi connectivity index (χ1) is 15.2. The number of nitrogens with one attached hydrogen (secondary N) is 4. The van der Waals surface area contributed by atoms with Crippen molar-refractivity contribution >= 4 is 17.6 Å². The molecule has 162 valence electrons. The Hall–Kier alpha value is -3.46. The fraction of sp³-hybridized carbons (Fsp3) is 0.364. The number of aromatic nitrogens is 5. The number of aryl methyl sites for hydroxylation is 1. The van der Waals surface area contributed by atoms with E-state index in [4.69, 9.17) is 4.84 Å². The molecule has 1 atom stereocenters. The van der Waals surface area contributed by atoms with E-state index in [-0.39, 0.29) is 6.04 Å². The molecule has 0 radical (unpaired) electrons. The number of hydrogen-bond donors (Lipinski definition) is 4. The first-order valence-electron chi connectivity index (χ1n) is 10.7. The lowest BCUT2D eigenvalue weighted by Crippen LogP contribution is -2.14. The Morgan fingerprint density at radius 2 is 1.90 bits per heavy atom. The number of pyridine rings is 1. The van der Waals surface area contributed by atoms with Crippen LogP contribution in [0.25, 0.3) is 0 Å². The van der Waals surface area contributed by atoms with Crippen LogP contribution in [0.3, 0.4) is 0 Å². The van der Waals surface area contributed by atoms with E-state index in [2.05, 4.69) is 41.3 Å². The minimum absolute atomic E-state index is 0.00536. The lowest BCUT2D eigenvalue weighted by atomic mass is 10.1. The third-order valence-electron chi connectivity index (χ3n) is 4.88. The van der Waals surface area contributed by atoms with Gasteiger partial charge in [0.15, 0.2) is 5.82 Å². The maximum absolute atomic E-state index is 5.57. The van der Waals surface area contributed by atoms with Gasteiger partial charge in [0.1, 0.15) is 11.6 Å². The molecule has 4 heterocycles. The highest BCUT2D eigenvalue weighted by Gasteiger charge is 2.25. The van der Waals surface area contributed by atoms with Gasteiger partial charge in [-0.1, -0.05) is 13.8 Å². The second-order valence-corrected chi connectivity index (χ2v) is 7.29. The summed E-state index contributed by atoms with van der Waals surface area (Å²) < 4.78 is 0. The molecule has 1 unspecified atom stereocenters. The van der Waals surface area contributed by atoms with E-state index in [9.17, 15) is 0 Å². The van der Waals surface area contributed by atoms with Gasteiger partial charge >= 0.3 is 0 Å². The molecule has 2 aliphatic rings. The summed E-state index contributed by atoms with van der Waals surface area (Å²) in [4.78, 5) is 18.6. The van der Waals surface area contributed by atoms with Crippen LogP contribution in [0.5, 0.6) is 0 Å². The molecule has 1 aliphatic carbocycles. The van der Waals surface area contributed by atoms with Gasteiger partial charge in [-0.05, 0) is 43.5 Å². The third kappa shape index (κ3) is 5.37. The molecule has 1 saturated carbocycles. The topological polar surface area (TPSA) is 113 Å². The van der Waals surface area contributed by atoms with Gasteiger partial charge in [-0.2, -0.15) is 10.1 Å².